The molecule has 0 unspecified atom stereocenters. The lowest BCUT2D eigenvalue weighted by molar-refractivity contribution is 0.310. The molecule has 1 aromatic rings. The largest absolute Gasteiger partial charge is 0.382 e. The van der Waals surface area contributed by atoms with Crippen LogP contribution in [0.15, 0.2) is 12.4 Å². The SMILES string of the molecule is CC(C)C1CCN(c2ncc(NCC3CCC3)cn2)CC1. The van der Waals surface area contributed by atoms with Crippen molar-refractivity contribution in [2.24, 2.45) is 17.8 Å². The second kappa shape index (κ2) is 6.63. The lowest BCUT2D eigenvalue weighted by Crippen LogP contribution is -2.36. The van der Waals surface area contributed by atoms with Crippen molar-refractivity contribution in [2.45, 2.75) is 46.0 Å². The van der Waals surface area contributed by atoms with Gasteiger partial charge in [0.2, 0.25) is 5.95 Å². The predicted octanol–water partition coefficient (Wildman–Crippen LogP) is 3.56. The van der Waals surface area contributed by atoms with Gasteiger partial charge in [0.05, 0.1) is 18.1 Å². The Morgan fingerprint density at radius 2 is 1.81 bits per heavy atom. The van der Waals surface area contributed by atoms with Crippen molar-refractivity contribution in [3.8, 4) is 0 Å². The van der Waals surface area contributed by atoms with E-state index < -0.39 is 0 Å². The normalized spacial score (nSPS) is 20.6. The third-order valence-corrected chi connectivity index (χ3v) is 5.22. The molecule has 2 heterocycles. The van der Waals surface area contributed by atoms with E-state index in [1.807, 2.05) is 12.4 Å². The molecule has 4 nitrogen and oxygen atoms in total. The van der Waals surface area contributed by atoms with Gasteiger partial charge in [0, 0.05) is 19.6 Å². The summed E-state index contributed by atoms with van der Waals surface area (Å²) in [5.41, 5.74) is 1.06. The summed E-state index contributed by atoms with van der Waals surface area (Å²) < 4.78 is 0. The molecular weight excluding hydrogens is 260 g/mol. The van der Waals surface area contributed by atoms with Gasteiger partial charge >= 0.3 is 0 Å². The van der Waals surface area contributed by atoms with Crippen LogP contribution >= 0.6 is 0 Å². The van der Waals surface area contributed by atoms with E-state index in [9.17, 15) is 0 Å². The predicted molar refractivity (Wildman–Crippen MR) is 87.6 cm³/mol. The highest BCUT2D eigenvalue weighted by Gasteiger charge is 2.23. The molecule has 1 aromatic heterocycles. The van der Waals surface area contributed by atoms with E-state index in [0.717, 1.165) is 49.0 Å². The van der Waals surface area contributed by atoms with Gasteiger partial charge in [0.1, 0.15) is 0 Å². The minimum Gasteiger partial charge on any atom is -0.382 e. The molecule has 2 aliphatic rings. The first-order chi connectivity index (χ1) is 10.2. The minimum absolute atomic E-state index is 0.797. The average Bonchev–Trinajstić information content (AvgIpc) is 2.46. The Morgan fingerprint density at radius 1 is 1.14 bits per heavy atom. The summed E-state index contributed by atoms with van der Waals surface area (Å²) in [6, 6.07) is 0. The monoisotopic (exact) mass is 288 g/mol. The molecule has 1 aliphatic carbocycles. The molecule has 0 aromatic carbocycles. The average molecular weight is 288 g/mol. The smallest absolute Gasteiger partial charge is 0.225 e. The third-order valence-electron chi connectivity index (χ3n) is 5.22. The Balaban J connectivity index is 1.49. The van der Waals surface area contributed by atoms with Gasteiger partial charge in [-0.05, 0) is 43.4 Å². The summed E-state index contributed by atoms with van der Waals surface area (Å²) in [7, 11) is 0. The minimum atomic E-state index is 0.797. The Hall–Kier alpha value is -1.32. The van der Waals surface area contributed by atoms with E-state index >= 15 is 0 Å². The van der Waals surface area contributed by atoms with Gasteiger partial charge in [-0.25, -0.2) is 9.97 Å². The van der Waals surface area contributed by atoms with E-state index in [1.165, 1.54) is 32.1 Å². The van der Waals surface area contributed by atoms with Gasteiger partial charge in [-0.3, -0.25) is 0 Å². The van der Waals surface area contributed by atoms with Crippen LogP contribution in [-0.2, 0) is 0 Å². The molecule has 0 atom stereocenters. The number of rotatable bonds is 5. The highest BCUT2D eigenvalue weighted by Crippen LogP contribution is 2.27. The van der Waals surface area contributed by atoms with E-state index in [1.54, 1.807) is 0 Å². The zero-order chi connectivity index (χ0) is 14.7. The summed E-state index contributed by atoms with van der Waals surface area (Å²) >= 11 is 0. The summed E-state index contributed by atoms with van der Waals surface area (Å²) in [6.45, 7) is 7.93. The molecule has 0 bridgehead atoms. The summed E-state index contributed by atoms with van der Waals surface area (Å²) in [4.78, 5) is 11.4. The zero-order valence-electron chi connectivity index (χ0n) is 13.4. The molecule has 21 heavy (non-hydrogen) atoms. The van der Waals surface area contributed by atoms with Crippen LogP contribution in [-0.4, -0.2) is 29.6 Å². The maximum Gasteiger partial charge on any atom is 0.225 e. The zero-order valence-corrected chi connectivity index (χ0v) is 13.4. The van der Waals surface area contributed by atoms with Crippen LogP contribution in [0.3, 0.4) is 0 Å². The highest BCUT2D eigenvalue weighted by atomic mass is 15.3. The molecule has 1 N–H and O–H groups in total. The van der Waals surface area contributed by atoms with Gasteiger partial charge in [-0.2, -0.15) is 0 Å². The molecule has 2 fully saturated rings. The van der Waals surface area contributed by atoms with Crippen LogP contribution in [0.5, 0.6) is 0 Å². The molecule has 1 aliphatic heterocycles. The Kier molecular flexibility index (Phi) is 4.61. The lowest BCUT2D eigenvalue weighted by Gasteiger charge is -2.33. The maximum atomic E-state index is 4.55. The van der Waals surface area contributed by atoms with E-state index in [2.05, 4.69) is 34.0 Å². The van der Waals surface area contributed by atoms with Crippen molar-refractivity contribution in [3.05, 3.63) is 12.4 Å². The molecule has 4 heteroatoms. The first-order valence-corrected chi connectivity index (χ1v) is 8.53. The lowest BCUT2D eigenvalue weighted by atomic mass is 9.85. The molecule has 1 saturated heterocycles. The van der Waals surface area contributed by atoms with E-state index in [-0.39, 0.29) is 0 Å². The Labute approximate surface area is 128 Å². The fourth-order valence-electron chi connectivity index (χ4n) is 3.30. The number of nitrogens with zero attached hydrogens (tertiary/aromatic N) is 3. The molecule has 0 radical (unpaired) electrons. The molecule has 0 spiro atoms. The second-order valence-corrected chi connectivity index (χ2v) is 7.02. The van der Waals surface area contributed by atoms with Crippen LogP contribution in [0, 0.1) is 17.8 Å². The van der Waals surface area contributed by atoms with Gasteiger partial charge in [-0.1, -0.05) is 20.3 Å². The van der Waals surface area contributed by atoms with E-state index in [0.29, 0.717) is 0 Å². The van der Waals surface area contributed by atoms with Crippen molar-refractivity contribution < 1.29 is 0 Å². The number of nitrogens with one attached hydrogen (secondary N) is 1. The number of hydrogen-bond acceptors (Lipinski definition) is 4. The van der Waals surface area contributed by atoms with Gasteiger partial charge in [0.25, 0.3) is 0 Å². The topological polar surface area (TPSA) is 41.1 Å². The number of hydrogen-bond donors (Lipinski definition) is 1. The number of aromatic nitrogens is 2. The van der Waals surface area contributed by atoms with Crippen LogP contribution in [0.4, 0.5) is 11.6 Å². The van der Waals surface area contributed by atoms with Gasteiger partial charge in [-0.15, -0.1) is 0 Å². The summed E-state index contributed by atoms with van der Waals surface area (Å²) in [6.07, 6.45) is 10.6. The van der Waals surface area contributed by atoms with Crippen molar-refractivity contribution in [3.63, 3.8) is 0 Å². The van der Waals surface area contributed by atoms with E-state index in [4.69, 9.17) is 0 Å². The van der Waals surface area contributed by atoms with Crippen molar-refractivity contribution in [1.29, 1.82) is 0 Å². The van der Waals surface area contributed by atoms with Crippen molar-refractivity contribution >= 4 is 11.6 Å². The first-order valence-electron chi connectivity index (χ1n) is 8.53. The van der Waals surface area contributed by atoms with Crippen LogP contribution in [0.1, 0.15) is 46.0 Å². The van der Waals surface area contributed by atoms with Gasteiger partial charge in [0.15, 0.2) is 0 Å². The summed E-state index contributed by atoms with van der Waals surface area (Å²) in [5, 5.41) is 3.46. The third kappa shape index (κ3) is 3.66. The quantitative estimate of drug-likeness (QED) is 0.899. The maximum absolute atomic E-state index is 4.55. The van der Waals surface area contributed by atoms with Crippen LogP contribution in [0.2, 0.25) is 0 Å². The van der Waals surface area contributed by atoms with Crippen molar-refractivity contribution in [1.82, 2.24) is 9.97 Å². The van der Waals surface area contributed by atoms with Gasteiger partial charge < -0.3 is 10.2 Å². The Morgan fingerprint density at radius 3 is 2.33 bits per heavy atom. The van der Waals surface area contributed by atoms with Crippen LogP contribution < -0.4 is 10.2 Å². The molecule has 0 amide bonds. The number of anilines is 2. The fraction of sp³-hybridized carbons (Fsp3) is 0.765. The molecule has 3 rings (SSSR count). The molecular formula is C17H28N4. The fourth-order valence-corrected chi connectivity index (χ4v) is 3.30. The highest BCUT2D eigenvalue weighted by molar-refractivity contribution is 5.42. The van der Waals surface area contributed by atoms with Crippen LogP contribution in [0.25, 0.3) is 0 Å². The summed E-state index contributed by atoms with van der Waals surface area (Å²) in [5.74, 6) is 3.42. The number of piperidine rings is 1. The second-order valence-electron chi connectivity index (χ2n) is 7.02. The molecule has 1 saturated carbocycles. The standard InChI is InChI=1S/C17H28N4/c1-13(2)15-6-8-21(9-7-15)17-19-11-16(12-20-17)18-10-14-4-3-5-14/h11-15,18H,3-10H2,1-2H3. The van der Waals surface area contributed by atoms with Crippen molar-refractivity contribution in [2.75, 3.05) is 29.9 Å². The molecule has 116 valence electrons. The Bertz CT molecular complexity index is 431. The first kappa shape index (κ1) is 14.6.